The number of aromatic hydroxyl groups is 1. The van der Waals surface area contributed by atoms with Crippen LogP contribution in [0.2, 0.25) is 5.02 Å². The number of esters is 1. The average molecular weight is 456 g/mol. The third-order valence-electron chi connectivity index (χ3n) is 4.12. The molecule has 1 aromatic heterocycles. The molecule has 2 N–H and O–H groups in total. The molecule has 160 valence electrons. The van der Waals surface area contributed by atoms with Gasteiger partial charge < -0.3 is 19.9 Å². The Bertz CT molecular complexity index is 1040. The maximum absolute atomic E-state index is 12.7. The highest BCUT2D eigenvalue weighted by atomic mass is 35.5. The number of ether oxygens (including phenoxy) is 2. The maximum atomic E-state index is 12.7. The van der Waals surface area contributed by atoms with E-state index in [0.29, 0.717) is 5.02 Å². The van der Waals surface area contributed by atoms with E-state index in [1.165, 1.54) is 28.7 Å². The van der Waals surface area contributed by atoms with Crippen molar-refractivity contribution in [1.82, 2.24) is 9.29 Å². The summed E-state index contributed by atoms with van der Waals surface area (Å²) >= 11 is 5.71. The molecule has 3 rings (SSSR count). The topological polar surface area (TPSA) is 135 Å². The van der Waals surface area contributed by atoms with Gasteiger partial charge in [0, 0.05) is 19.3 Å². The van der Waals surface area contributed by atoms with Gasteiger partial charge in [-0.15, -0.1) is 0 Å². The molecular weight excluding hydrogens is 438 g/mol. The zero-order valence-electron chi connectivity index (χ0n) is 15.6. The average Bonchev–Trinajstić information content (AvgIpc) is 2.74. The Hall–Kier alpha value is -2.73. The Kier molecular flexibility index (Phi) is 6.87. The number of pyridine rings is 1. The minimum absolute atomic E-state index is 0.177. The summed E-state index contributed by atoms with van der Waals surface area (Å²) in [6.07, 6.45) is 1.33. The number of hydrogen-bond donors (Lipinski definition) is 2. The number of phenolic OH excluding ortho intramolecular Hbond substituents is 1. The van der Waals surface area contributed by atoms with E-state index >= 15 is 0 Å². The first-order chi connectivity index (χ1) is 14.3. The summed E-state index contributed by atoms with van der Waals surface area (Å²) in [7, 11) is -3.87. The second-order valence-electron chi connectivity index (χ2n) is 6.18. The van der Waals surface area contributed by atoms with Crippen molar-refractivity contribution in [3.63, 3.8) is 0 Å². The highest BCUT2D eigenvalue weighted by Crippen LogP contribution is 2.25. The molecule has 0 saturated carbocycles. The van der Waals surface area contributed by atoms with E-state index in [1.54, 1.807) is 0 Å². The van der Waals surface area contributed by atoms with Gasteiger partial charge in [-0.05, 0) is 30.3 Å². The number of rotatable bonds is 6. The molecule has 30 heavy (non-hydrogen) atoms. The van der Waals surface area contributed by atoms with Crippen molar-refractivity contribution in [3.05, 3.63) is 47.1 Å². The molecular formula is C18H18ClN3O7S. The van der Waals surface area contributed by atoms with Crippen molar-refractivity contribution in [2.24, 2.45) is 0 Å². The molecule has 2 heterocycles. The van der Waals surface area contributed by atoms with Crippen LogP contribution in [0.5, 0.6) is 5.75 Å². The number of aromatic nitrogens is 1. The molecule has 1 aliphatic rings. The standard InChI is InChI=1S/C18H18ClN3O7S/c19-12-1-4-16(20-10-12)21-17(24)11-29-18(25)14-9-13(2-3-15(14)23)30(26,27)22-5-7-28-8-6-22/h1-4,9-10,23H,5-8,11H2,(H,20,21,24). The lowest BCUT2D eigenvalue weighted by Gasteiger charge is -2.26. The minimum atomic E-state index is -3.87. The molecule has 0 bridgehead atoms. The van der Waals surface area contributed by atoms with Crippen LogP contribution in [0, 0.1) is 0 Å². The highest BCUT2D eigenvalue weighted by Gasteiger charge is 2.28. The Morgan fingerprint density at radius 2 is 1.97 bits per heavy atom. The molecule has 0 unspecified atom stereocenters. The van der Waals surface area contributed by atoms with Gasteiger partial charge in [0.25, 0.3) is 5.91 Å². The number of halogens is 1. The number of phenols is 1. The zero-order chi connectivity index (χ0) is 21.7. The lowest BCUT2D eigenvalue weighted by Crippen LogP contribution is -2.40. The van der Waals surface area contributed by atoms with Crippen LogP contribution in [-0.2, 0) is 24.3 Å². The van der Waals surface area contributed by atoms with Crippen LogP contribution >= 0.6 is 11.6 Å². The maximum Gasteiger partial charge on any atom is 0.342 e. The van der Waals surface area contributed by atoms with Crippen molar-refractivity contribution < 1.29 is 32.6 Å². The quantitative estimate of drug-likeness (QED) is 0.621. The molecule has 2 aromatic rings. The van der Waals surface area contributed by atoms with E-state index in [2.05, 4.69) is 10.3 Å². The molecule has 1 fully saturated rings. The largest absolute Gasteiger partial charge is 0.507 e. The fraction of sp³-hybridized carbons (Fsp3) is 0.278. The SMILES string of the molecule is O=C(COC(=O)c1cc(S(=O)(=O)N2CCOCC2)ccc1O)Nc1ccc(Cl)cn1. The minimum Gasteiger partial charge on any atom is -0.507 e. The van der Waals surface area contributed by atoms with Gasteiger partial charge in [0.1, 0.15) is 17.1 Å². The summed E-state index contributed by atoms with van der Waals surface area (Å²) in [6, 6.07) is 6.28. The molecule has 10 nitrogen and oxygen atoms in total. The molecule has 1 saturated heterocycles. The smallest absolute Gasteiger partial charge is 0.342 e. The normalized spacial score (nSPS) is 14.8. The number of nitrogens with zero attached hydrogens (tertiary/aromatic N) is 2. The number of amides is 1. The van der Waals surface area contributed by atoms with Crippen molar-refractivity contribution in [2.75, 3.05) is 38.2 Å². The summed E-state index contributed by atoms with van der Waals surface area (Å²) < 4.78 is 36.7. The van der Waals surface area contributed by atoms with E-state index in [-0.39, 0.29) is 42.6 Å². The van der Waals surface area contributed by atoms with Gasteiger partial charge in [0.05, 0.1) is 23.1 Å². The predicted molar refractivity (Wildman–Crippen MR) is 106 cm³/mol. The van der Waals surface area contributed by atoms with Gasteiger partial charge >= 0.3 is 5.97 Å². The van der Waals surface area contributed by atoms with Crippen LogP contribution in [0.15, 0.2) is 41.4 Å². The molecule has 1 aliphatic heterocycles. The van der Waals surface area contributed by atoms with Crippen LogP contribution in [0.3, 0.4) is 0 Å². The van der Waals surface area contributed by atoms with E-state index in [9.17, 15) is 23.1 Å². The summed E-state index contributed by atoms with van der Waals surface area (Å²) in [4.78, 5) is 27.9. The monoisotopic (exact) mass is 455 g/mol. The van der Waals surface area contributed by atoms with E-state index in [1.807, 2.05) is 0 Å². The van der Waals surface area contributed by atoms with Gasteiger partial charge in [0.2, 0.25) is 10.0 Å². The number of carbonyl (C=O) groups is 2. The Balaban J connectivity index is 1.67. The molecule has 0 atom stereocenters. The second-order valence-corrected chi connectivity index (χ2v) is 8.56. The summed E-state index contributed by atoms with van der Waals surface area (Å²) in [6.45, 7) is 0.237. The Labute approximate surface area is 177 Å². The summed E-state index contributed by atoms with van der Waals surface area (Å²) in [5, 5.41) is 12.8. The number of sulfonamides is 1. The molecule has 0 aliphatic carbocycles. The van der Waals surface area contributed by atoms with Gasteiger partial charge in [-0.3, -0.25) is 4.79 Å². The molecule has 1 amide bonds. The van der Waals surface area contributed by atoms with Crippen LogP contribution in [0.4, 0.5) is 5.82 Å². The number of benzene rings is 1. The number of hydrogen-bond acceptors (Lipinski definition) is 8. The fourth-order valence-electron chi connectivity index (χ4n) is 2.61. The van der Waals surface area contributed by atoms with Crippen LogP contribution in [0.25, 0.3) is 0 Å². The fourth-order valence-corrected chi connectivity index (χ4v) is 4.16. The Morgan fingerprint density at radius 3 is 2.63 bits per heavy atom. The third kappa shape index (κ3) is 5.25. The number of carbonyl (C=O) groups excluding carboxylic acids is 2. The van der Waals surface area contributed by atoms with E-state index in [0.717, 1.165) is 12.1 Å². The first kappa shape index (κ1) is 22.0. The van der Waals surface area contributed by atoms with Crippen molar-refractivity contribution in [2.45, 2.75) is 4.90 Å². The van der Waals surface area contributed by atoms with E-state index < -0.39 is 34.3 Å². The number of nitrogens with one attached hydrogen (secondary N) is 1. The lowest BCUT2D eigenvalue weighted by atomic mass is 10.2. The molecule has 0 spiro atoms. The van der Waals surface area contributed by atoms with Crippen molar-refractivity contribution >= 4 is 39.3 Å². The van der Waals surface area contributed by atoms with Crippen LogP contribution < -0.4 is 5.32 Å². The van der Waals surface area contributed by atoms with E-state index in [4.69, 9.17) is 21.1 Å². The Morgan fingerprint density at radius 1 is 1.23 bits per heavy atom. The van der Waals surface area contributed by atoms with Gasteiger partial charge in [-0.2, -0.15) is 4.31 Å². The first-order valence-electron chi connectivity index (χ1n) is 8.77. The first-order valence-corrected chi connectivity index (χ1v) is 10.6. The molecule has 1 aromatic carbocycles. The highest BCUT2D eigenvalue weighted by molar-refractivity contribution is 7.89. The second kappa shape index (κ2) is 9.39. The molecule has 12 heteroatoms. The predicted octanol–water partition coefficient (Wildman–Crippen LogP) is 1.26. The van der Waals surface area contributed by atoms with Gasteiger partial charge in [-0.1, -0.05) is 11.6 Å². The van der Waals surface area contributed by atoms with Crippen LogP contribution in [0.1, 0.15) is 10.4 Å². The molecule has 0 radical (unpaired) electrons. The van der Waals surface area contributed by atoms with Gasteiger partial charge in [-0.25, -0.2) is 18.2 Å². The third-order valence-corrected chi connectivity index (χ3v) is 6.24. The van der Waals surface area contributed by atoms with Crippen molar-refractivity contribution in [1.29, 1.82) is 0 Å². The summed E-state index contributed by atoms with van der Waals surface area (Å²) in [5.74, 6) is -1.98. The van der Waals surface area contributed by atoms with Gasteiger partial charge in [0.15, 0.2) is 6.61 Å². The van der Waals surface area contributed by atoms with Crippen molar-refractivity contribution in [3.8, 4) is 5.75 Å². The van der Waals surface area contributed by atoms with Crippen LogP contribution in [-0.4, -0.2) is 67.6 Å². The lowest BCUT2D eigenvalue weighted by molar-refractivity contribution is -0.119. The zero-order valence-corrected chi connectivity index (χ0v) is 17.1. The number of morpholine rings is 1. The summed E-state index contributed by atoms with van der Waals surface area (Å²) in [5.41, 5.74) is -0.373. The number of anilines is 1.